The second-order valence-corrected chi connectivity index (χ2v) is 9.08. The molecule has 3 rings (SSSR count). The van der Waals surface area contributed by atoms with Crippen molar-refractivity contribution in [2.45, 2.75) is 13.3 Å². The molecule has 3 aromatic rings. The zero-order chi connectivity index (χ0) is 24.8. The van der Waals surface area contributed by atoms with Gasteiger partial charge in [-0.2, -0.15) is 0 Å². The van der Waals surface area contributed by atoms with E-state index < -0.39 is 0 Å². The van der Waals surface area contributed by atoms with Crippen LogP contribution in [-0.2, 0) is 11.2 Å². The van der Waals surface area contributed by atoms with Gasteiger partial charge in [0.1, 0.15) is 12.2 Å². The quantitative estimate of drug-likeness (QED) is 0.501. The van der Waals surface area contributed by atoms with E-state index in [-0.39, 0.29) is 24.1 Å². The van der Waals surface area contributed by atoms with Crippen LogP contribution in [0.4, 0.5) is 5.13 Å². The minimum absolute atomic E-state index is 0.0657. The van der Waals surface area contributed by atoms with Gasteiger partial charge in [-0.1, -0.05) is 47.2 Å². The third-order valence-corrected chi connectivity index (χ3v) is 6.29. The number of aryl methyl sites for hydroxylation is 1. The van der Waals surface area contributed by atoms with E-state index >= 15 is 0 Å². The number of nitrogens with zero attached hydrogens (tertiary/aromatic N) is 3. The van der Waals surface area contributed by atoms with Gasteiger partial charge in [-0.15, -0.1) is 0 Å². The van der Waals surface area contributed by atoms with E-state index in [9.17, 15) is 9.59 Å². The first-order valence-electron chi connectivity index (χ1n) is 10.8. The molecule has 0 aliphatic rings. The fourth-order valence-corrected chi connectivity index (χ4v) is 4.29. The van der Waals surface area contributed by atoms with Gasteiger partial charge in [0, 0.05) is 20.6 Å². The van der Waals surface area contributed by atoms with Crippen molar-refractivity contribution < 1.29 is 19.1 Å². The molecule has 0 atom stereocenters. The van der Waals surface area contributed by atoms with Crippen LogP contribution in [0.25, 0.3) is 10.4 Å². The number of likely N-dealkylation sites (N-methyl/N-ethyl adjacent to an activating group) is 1. The number of anilines is 1. The predicted molar refractivity (Wildman–Crippen MR) is 135 cm³/mol. The Kier molecular flexibility index (Phi) is 8.12. The monoisotopic (exact) mass is 482 g/mol. The minimum Gasteiger partial charge on any atom is -0.493 e. The standard InChI is InChI=1S/C25H30N4O4S/c1-16-7-6-8-18(13-16)23-22(27-25(26)34-23)24(31)29(15-21(30)28(2)3)12-11-17-9-10-19(32-4)20(14-17)33-5/h6-10,13-14H,11-12,15H2,1-5H3,(H2,26,27). The van der Waals surface area contributed by atoms with Gasteiger partial charge >= 0.3 is 0 Å². The van der Waals surface area contributed by atoms with Crippen LogP contribution in [0.5, 0.6) is 11.5 Å². The van der Waals surface area contributed by atoms with Gasteiger partial charge in [0.2, 0.25) is 5.91 Å². The SMILES string of the molecule is COc1ccc(CCN(CC(=O)N(C)C)C(=O)c2nc(N)sc2-c2cccc(C)c2)cc1OC. The number of thiazole rings is 1. The lowest BCUT2D eigenvalue weighted by Crippen LogP contribution is -2.41. The number of carbonyl (C=O) groups is 2. The number of hydrogen-bond donors (Lipinski definition) is 1. The van der Waals surface area contributed by atoms with Gasteiger partial charge in [0.25, 0.3) is 5.91 Å². The Labute approximate surface area is 203 Å². The topological polar surface area (TPSA) is 98.0 Å². The second-order valence-electron chi connectivity index (χ2n) is 8.05. The maximum atomic E-state index is 13.6. The number of hydrogen-bond acceptors (Lipinski definition) is 7. The molecule has 0 saturated heterocycles. The molecule has 9 heteroatoms. The van der Waals surface area contributed by atoms with E-state index in [1.54, 1.807) is 28.3 Å². The number of nitrogens with two attached hydrogens (primary N) is 1. The summed E-state index contributed by atoms with van der Waals surface area (Å²) in [5.74, 6) is 0.722. The Balaban J connectivity index is 1.91. The first-order chi connectivity index (χ1) is 16.2. The molecule has 2 N–H and O–H groups in total. The van der Waals surface area contributed by atoms with Crippen LogP contribution in [0.15, 0.2) is 42.5 Å². The Hall–Kier alpha value is -3.59. The van der Waals surface area contributed by atoms with Gasteiger partial charge < -0.3 is 25.0 Å². The Morgan fingerprint density at radius 2 is 1.79 bits per heavy atom. The summed E-state index contributed by atoms with van der Waals surface area (Å²) in [6.07, 6.45) is 0.520. The van der Waals surface area contributed by atoms with Crippen molar-refractivity contribution in [2.75, 3.05) is 47.1 Å². The number of rotatable bonds is 9. The van der Waals surface area contributed by atoms with Crippen LogP contribution in [-0.4, -0.2) is 68.0 Å². The molecule has 0 bridgehead atoms. The number of methoxy groups -OCH3 is 2. The maximum absolute atomic E-state index is 13.6. The van der Waals surface area contributed by atoms with Crippen molar-refractivity contribution in [3.05, 3.63) is 59.3 Å². The molecule has 8 nitrogen and oxygen atoms in total. The normalized spacial score (nSPS) is 10.6. The average Bonchev–Trinajstić information content (AvgIpc) is 3.22. The van der Waals surface area contributed by atoms with Crippen LogP contribution in [0.3, 0.4) is 0 Å². The molecule has 0 saturated carbocycles. The molecule has 34 heavy (non-hydrogen) atoms. The molecule has 0 aliphatic carbocycles. The van der Waals surface area contributed by atoms with Gasteiger partial charge in [0.05, 0.1) is 19.1 Å². The molecule has 0 unspecified atom stereocenters. The molecule has 2 aromatic carbocycles. The van der Waals surface area contributed by atoms with E-state index in [2.05, 4.69) is 4.98 Å². The number of nitrogen functional groups attached to an aromatic ring is 1. The van der Waals surface area contributed by atoms with Gasteiger partial charge in [-0.05, 0) is 36.6 Å². The highest BCUT2D eigenvalue weighted by Gasteiger charge is 2.26. The molecule has 2 amide bonds. The average molecular weight is 483 g/mol. The fraction of sp³-hybridized carbons (Fsp3) is 0.320. The summed E-state index contributed by atoms with van der Waals surface area (Å²) in [7, 11) is 6.49. The summed E-state index contributed by atoms with van der Waals surface area (Å²) >= 11 is 1.26. The van der Waals surface area contributed by atoms with Crippen molar-refractivity contribution >= 4 is 28.3 Å². The van der Waals surface area contributed by atoms with E-state index in [0.717, 1.165) is 16.7 Å². The molecule has 1 aromatic heterocycles. The number of carbonyl (C=O) groups excluding carboxylic acids is 2. The lowest BCUT2D eigenvalue weighted by atomic mass is 10.1. The van der Waals surface area contributed by atoms with Gasteiger partial charge in [-0.3, -0.25) is 9.59 Å². The maximum Gasteiger partial charge on any atom is 0.274 e. The number of aromatic nitrogens is 1. The van der Waals surface area contributed by atoms with Crippen molar-refractivity contribution in [3.63, 3.8) is 0 Å². The van der Waals surface area contributed by atoms with Crippen molar-refractivity contribution in [3.8, 4) is 21.9 Å². The largest absolute Gasteiger partial charge is 0.493 e. The first kappa shape index (κ1) is 25.0. The number of ether oxygens (including phenoxy) is 2. The Morgan fingerprint density at radius 3 is 2.44 bits per heavy atom. The summed E-state index contributed by atoms with van der Waals surface area (Å²) in [6.45, 7) is 2.24. The molecule has 0 fully saturated rings. The second kappa shape index (κ2) is 11.0. The van der Waals surface area contributed by atoms with Crippen LogP contribution < -0.4 is 15.2 Å². The van der Waals surface area contributed by atoms with E-state index in [4.69, 9.17) is 15.2 Å². The first-order valence-corrected chi connectivity index (χ1v) is 11.6. The van der Waals surface area contributed by atoms with Crippen LogP contribution >= 0.6 is 11.3 Å². The third kappa shape index (κ3) is 5.85. The zero-order valence-electron chi connectivity index (χ0n) is 20.1. The van der Waals surface area contributed by atoms with Crippen LogP contribution in [0, 0.1) is 6.92 Å². The summed E-state index contributed by atoms with van der Waals surface area (Å²) in [4.78, 5) is 34.2. The molecule has 1 heterocycles. The molecule has 0 radical (unpaired) electrons. The van der Waals surface area contributed by atoms with Crippen LogP contribution in [0.2, 0.25) is 0 Å². The molecule has 180 valence electrons. The highest BCUT2D eigenvalue weighted by molar-refractivity contribution is 7.19. The van der Waals surface area contributed by atoms with Crippen molar-refractivity contribution in [1.29, 1.82) is 0 Å². The highest BCUT2D eigenvalue weighted by Crippen LogP contribution is 2.33. The van der Waals surface area contributed by atoms with Gasteiger partial charge in [0.15, 0.2) is 16.6 Å². The summed E-state index contributed by atoms with van der Waals surface area (Å²) < 4.78 is 10.7. The highest BCUT2D eigenvalue weighted by atomic mass is 32.1. The van der Waals surface area contributed by atoms with Gasteiger partial charge in [-0.25, -0.2) is 4.98 Å². The lowest BCUT2D eigenvalue weighted by Gasteiger charge is -2.24. The number of benzene rings is 2. The zero-order valence-corrected chi connectivity index (χ0v) is 20.9. The predicted octanol–water partition coefficient (Wildman–Crippen LogP) is 3.49. The van der Waals surface area contributed by atoms with Crippen LogP contribution in [0.1, 0.15) is 21.6 Å². The Morgan fingerprint density at radius 1 is 1.06 bits per heavy atom. The lowest BCUT2D eigenvalue weighted by molar-refractivity contribution is -0.129. The van der Waals surface area contributed by atoms with E-state index in [0.29, 0.717) is 34.5 Å². The summed E-state index contributed by atoms with van der Waals surface area (Å²) in [5, 5.41) is 0.304. The van der Waals surface area contributed by atoms with E-state index in [1.165, 1.54) is 21.1 Å². The summed E-state index contributed by atoms with van der Waals surface area (Å²) in [6, 6.07) is 13.4. The Bertz CT molecular complexity index is 1180. The van der Waals surface area contributed by atoms with Crippen molar-refractivity contribution in [1.82, 2.24) is 14.8 Å². The molecular formula is C25H30N4O4S. The minimum atomic E-state index is -0.333. The fourth-order valence-electron chi connectivity index (χ4n) is 3.47. The molecule has 0 aliphatic heterocycles. The summed E-state index contributed by atoms with van der Waals surface area (Å²) in [5.41, 5.74) is 9.14. The van der Waals surface area contributed by atoms with Crippen molar-refractivity contribution in [2.24, 2.45) is 0 Å². The van der Waals surface area contributed by atoms with E-state index in [1.807, 2.05) is 49.4 Å². The number of amides is 2. The smallest absolute Gasteiger partial charge is 0.274 e. The molecular weight excluding hydrogens is 452 g/mol. The molecule has 0 spiro atoms. The third-order valence-electron chi connectivity index (χ3n) is 5.36.